The van der Waals surface area contributed by atoms with Crippen molar-refractivity contribution < 1.29 is 0 Å². The van der Waals surface area contributed by atoms with Crippen molar-refractivity contribution in [3.05, 3.63) is 0 Å². The van der Waals surface area contributed by atoms with Crippen LogP contribution >= 0.6 is 0 Å². The summed E-state index contributed by atoms with van der Waals surface area (Å²) in [6.07, 6.45) is 10.1. The first-order valence-electron chi connectivity index (χ1n) is 7.60. The number of rotatable bonds is 2. The van der Waals surface area contributed by atoms with Crippen molar-refractivity contribution in [2.45, 2.75) is 70.4 Å². The average molecular weight is 236 g/mol. The van der Waals surface area contributed by atoms with E-state index in [9.17, 15) is 0 Å². The molecule has 2 heteroatoms. The van der Waals surface area contributed by atoms with Crippen LogP contribution in [0.5, 0.6) is 0 Å². The summed E-state index contributed by atoms with van der Waals surface area (Å²) in [5, 5.41) is 3.85. The zero-order valence-corrected chi connectivity index (χ0v) is 11.6. The summed E-state index contributed by atoms with van der Waals surface area (Å²) in [6, 6.07) is 0.735. The Labute approximate surface area is 106 Å². The first kappa shape index (κ1) is 12.0. The Kier molecular flexibility index (Phi) is 2.99. The van der Waals surface area contributed by atoms with Gasteiger partial charge in [-0.15, -0.1) is 0 Å². The molecule has 1 aliphatic heterocycles. The standard InChI is InChI=1S/C15H28N2/c1-13-10-16-15(8-3-4-9-15)12-17(13)11-14(2)6-5-7-14/h13,16H,3-12H2,1-2H3. The highest BCUT2D eigenvalue weighted by molar-refractivity contribution is 5.01. The van der Waals surface area contributed by atoms with Crippen LogP contribution in [0.15, 0.2) is 0 Å². The molecule has 3 rings (SSSR count). The molecule has 2 nitrogen and oxygen atoms in total. The second-order valence-electron chi connectivity index (χ2n) is 7.29. The number of hydrogen-bond donors (Lipinski definition) is 1. The van der Waals surface area contributed by atoms with E-state index in [4.69, 9.17) is 0 Å². The van der Waals surface area contributed by atoms with Crippen LogP contribution in [0.4, 0.5) is 0 Å². The molecule has 98 valence electrons. The van der Waals surface area contributed by atoms with Gasteiger partial charge in [0.25, 0.3) is 0 Å². The third-order valence-electron chi connectivity index (χ3n) is 5.61. The van der Waals surface area contributed by atoms with Gasteiger partial charge in [0, 0.05) is 31.2 Å². The zero-order valence-electron chi connectivity index (χ0n) is 11.6. The Bertz CT molecular complexity index is 277. The van der Waals surface area contributed by atoms with Crippen molar-refractivity contribution in [1.82, 2.24) is 10.2 Å². The molecule has 3 fully saturated rings. The highest BCUT2D eigenvalue weighted by Gasteiger charge is 2.42. The summed E-state index contributed by atoms with van der Waals surface area (Å²) >= 11 is 0. The molecule has 1 heterocycles. The summed E-state index contributed by atoms with van der Waals surface area (Å²) < 4.78 is 0. The molecule has 0 radical (unpaired) electrons. The van der Waals surface area contributed by atoms with Gasteiger partial charge in [-0.2, -0.15) is 0 Å². The van der Waals surface area contributed by atoms with E-state index >= 15 is 0 Å². The summed E-state index contributed by atoms with van der Waals surface area (Å²) in [4.78, 5) is 2.79. The van der Waals surface area contributed by atoms with Crippen LogP contribution in [0, 0.1) is 5.41 Å². The molecule has 0 bridgehead atoms. The number of piperazine rings is 1. The molecule has 17 heavy (non-hydrogen) atoms. The predicted octanol–water partition coefficient (Wildman–Crippen LogP) is 2.78. The van der Waals surface area contributed by atoms with Gasteiger partial charge >= 0.3 is 0 Å². The highest BCUT2D eigenvalue weighted by atomic mass is 15.3. The molecule has 3 aliphatic rings. The Hall–Kier alpha value is -0.0800. The van der Waals surface area contributed by atoms with Gasteiger partial charge in [0.2, 0.25) is 0 Å². The fraction of sp³-hybridized carbons (Fsp3) is 1.00. The summed E-state index contributed by atoms with van der Waals surface area (Å²) in [7, 11) is 0. The molecule has 0 aromatic carbocycles. The molecule has 0 amide bonds. The fourth-order valence-corrected chi connectivity index (χ4v) is 4.12. The first-order valence-corrected chi connectivity index (χ1v) is 7.60. The monoisotopic (exact) mass is 236 g/mol. The predicted molar refractivity (Wildman–Crippen MR) is 72.2 cm³/mol. The highest BCUT2D eigenvalue weighted by Crippen LogP contribution is 2.42. The Morgan fingerprint density at radius 1 is 1.12 bits per heavy atom. The molecular weight excluding hydrogens is 208 g/mol. The van der Waals surface area contributed by atoms with E-state index in [1.165, 1.54) is 64.6 Å². The summed E-state index contributed by atoms with van der Waals surface area (Å²) in [5.74, 6) is 0. The Morgan fingerprint density at radius 2 is 1.82 bits per heavy atom. The fourth-order valence-electron chi connectivity index (χ4n) is 4.12. The molecule has 1 N–H and O–H groups in total. The van der Waals surface area contributed by atoms with E-state index in [2.05, 4.69) is 24.1 Å². The van der Waals surface area contributed by atoms with Gasteiger partial charge in [0.1, 0.15) is 0 Å². The SMILES string of the molecule is CC1CNC2(CCCC2)CN1CC1(C)CCC1. The van der Waals surface area contributed by atoms with Crippen molar-refractivity contribution in [1.29, 1.82) is 0 Å². The lowest BCUT2D eigenvalue weighted by Gasteiger charge is -2.50. The van der Waals surface area contributed by atoms with Gasteiger partial charge in [-0.25, -0.2) is 0 Å². The molecule has 1 spiro atoms. The number of hydrogen-bond acceptors (Lipinski definition) is 2. The van der Waals surface area contributed by atoms with Crippen LogP contribution in [0.3, 0.4) is 0 Å². The van der Waals surface area contributed by atoms with Crippen molar-refractivity contribution >= 4 is 0 Å². The third kappa shape index (κ3) is 2.26. The van der Waals surface area contributed by atoms with Gasteiger partial charge in [-0.1, -0.05) is 26.2 Å². The normalized spacial score (nSPS) is 36.0. The molecule has 2 saturated carbocycles. The minimum Gasteiger partial charge on any atom is -0.308 e. The maximum Gasteiger partial charge on any atom is 0.0309 e. The quantitative estimate of drug-likeness (QED) is 0.793. The minimum atomic E-state index is 0.493. The molecule has 2 aliphatic carbocycles. The van der Waals surface area contributed by atoms with E-state index in [1.807, 2.05) is 0 Å². The van der Waals surface area contributed by atoms with Crippen molar-refractivity contribution in [2.24, 2.45) is 5.41 Å². The van der Waals surface area contributed by atoms with Crippen LogP contribution in [0.2, 0.25) is 0 Å². The lowest BCUT2D eigenvalue weighted by Crippen LogP contribution is -2.64. The lowest BCUT2D eigenvalue weighted by molar-refractivity contribution is 0.0192. The number of nitrogens with one attached hydrogen (secondary N) is 1. The van der Waals surface area contributed by atoms with E-state index in [0.717, 1.165) is 6.04 Å². The van der Waals surface area contributed by atoms with E-state index in [0.29, 0.717) is 11.0 Å². The average Bonchev–Trinajstić information content (AvgIpc) is 2.70. The molecular formula is C15H28N2. The summed E-state index contributed by atoms with van der Waals surface area (Å²) in [5.41, 5.74) is 1.14. The van der Waals surface area contributed by atoms with E-state index in [-0.39, 0.29) is 0 Å². The van der Waals surface area contributed by atoms with Crippen molar-refractivity contribution in [2.75, 3.05) is 19.6 Å². The van der Waals surface area contributed by atoms with Gasteiger partial charge < -0.3 is 5.32 Å². The van der Waals surface area contributed by atoms with Gasteiger partial charge in [0.05, 0.1) is 0 Å². The van der Waals surface area contributed by atoms with Crippen LogP contribution in [0.1, 0.15) is 58.8 Å². The molecule has 1 atom stereocenters. The van der Waals surface area contributed by atoms with Crippen molar-refractivity contribution in [3.8, 4) is 0 Å². The third-order valence-corrected chi connectivity index (χ3v) is 5.61. The van der Waals surface area contributed by atoms with Gasteiger partial charge in [-0.3, -0.25) is 4.90 Å². The van der Waals surface area contributed by atoms with Crippen LogP contribution in [-0.2, 0) is 0 Å². The second kappa shape index (κ2) is 4.24. The van der Waals surface area contributed by atoms with Crippen LogP contribution in [-0.4, -0.2) is 36.1 Å². The largest absolute Gasteiger partial charge is 0.308 e. The Balaban J connectivity index is 1.65. The molecule has 0 aromatic rings. The maximum atomic E-state index is 3.85. The number of nitrogens with zero attached hydrogens (tertiary/aromatic N) is 1. The first-order chi connectivity index (χ1) is 8.11. The van der Waals surface area contributed by atoms with Gasteiger partial charge in [0.15, 0.2) is 0 Å². The second-order valence-corrected chi connectivity index (χ2v) is 7.29. The van der Waals surface area contributed by atoms with E-state index < -0.39 is 0 Å². The Morgan fingerprint density at radius 3 is 2.41 bits per heavy atom. The molecule has 1 unspecified atom stereocenters. The zero-order chi connectivity index (χ0) is 11.9. The lowest BCUT2D eigenvalue weighted by atomic mass is 9.69. The van der Waals surface area contributed by atoms with Crippen LogP contribution < -0.4 is 5.32 Å². The topological polar surface area (TPSA) is 15.3 Å². The minimum absolute atomic E-state index is 0.493. The van der Waals surface area contributed by atoms with Crippen LogP contribution in [0.25, 0.3) is 0 Å². The molecule has 1 saturated heterocycles. The van der Waals surface area contributed by atoms with Crippen molar-refractivity contribution in [3.63, 3.8) is 0 Å². The van der Waals surface area contributed by atoms with E-state index in [1.54, 1.807) is 0 Å². The smallest absolute Gasteiger partial charge is 0.0309 e. The van der Waals surface area contributed by atoms with Gasteiger partial charge in [-0.05, 0) is 38.0 Å². The molecule has 0 aromatic heterocycles. The summed E-state index contributed by atoms with van der Waals surface area (Å²) in [6.45, 7) is 8.75. The maximum absolute atomic E-state index is 3.85.